The molecular formula is C8H6Br. The van der Waals surface area contributed by atoms with Gasteiger partial charge in [0.1, 0.15) is 0 Å². The molecule has 0 heterocycles. The second-order valence-electron chi connectivity index (χ2n) is 1.69. The Morgan fingerprint density at radius 3 is 2.44 bits per heavy atom. The van der Waals surface area contributed by atoms with Crippen LogP contribution in [-0.4, -0.2) is 0 Å². The molecule has 1 radical (unpaired) electrons. The van der Waals surface area contributed by atoms with Crippen LogP contribution < -0.4 is 0 Å². The van der Waals surface area contributed by atoms with Crippen molar-refractivity contribution in [3.8, 4) is 0 Å². The van der Waals surface area contributed by atoms with Crippen molar-refractivity contribution in [2.24, 2.45) is 0 Å². The van der Waals surface area contributed by atoms with E-state index in [-0.39, 0.29) is 0 Å². The van der Waals surface area contributed by atoms with Crippen LogP contribution in [0.2, 0.25) is 0 Å². The van der Waals surface area contributed by atoms with Crippen LogP contribution in [0.15, 0.2) is 28.7 Å². The fraction of sp³-hybridized carbons (Fsp3) is 0. The third-order valence-electron chi connectivity index (χ3n) is 1.08. The summed E-state index contributed by atoms with van der Waals surface area (Å²) in [6, 6.07) is 7.81. The van der Waals surface area contributed by atoms with Crippen LogP contribution in [0, 0.1) is 6.58 Å². The predicted octanol–water partition coefficient (Wildman–Crippen LogP) is 2.90. The quantitative estimate of drug-likeness (QED) is 0.626. The SMILES string of the molecule is [CH]=Cc1ccccc1Br. The van der Waals surface area contributed by atoms with Gasteiger partial charge in [0.15, 0.2) is 0 Å². The van der Waals surface area contributed by atoms with Crippen LogP contribution in [0.4, 0.5) is 0 Å². The first-order valence-electron chi connectivity index (χ1n) is 2.64. The highest BCUT2D eigenvalue weighted by Crippen LogP contribution is 2.15. The Morgan fingerprint density at radius 1 is 1.33 bits per heavy atom. The number of hydrogen-bond donors (Lipinski definition) is 0. The molecule has 0 aliphatic heterocycles. The average molecular weight is 182 g/mol. The van der Waals surface area contributed by atoms with E-state index in [0.717, 1.165) is 10.0 Å². The Bertz CT molecular complexity index is 216. The van der Waals surface area contributed by atoms with Gasteiger partial charge in [0.25, 0.3) is 0 Å². The predicted molar refractivity (Wildman–Crippen MR) is 42.9 cm³/mol. The molecule has 0 N–H and O–H groups in total. The Labute approximate surface area is 63.3 Å². The summed E-state index contributed by atoms with van der Waals surface area (Å²) in [7, 11) is 0. The molecule has 45 valence electrons. The van der Waals surface area contributed by atoms with E-state index in [0.29, 0.717) is 0 Å². The summed E-state index contributed by atoms with van der Waals surface area (Å²) in [5.41, 5.74) is 1.03. The minimum Gasteiger partial charge on any atom is -0.0616 e. The molecule has 1 aromatic rings. The molecule has 0 aromatic heterocycles. The summed E-state index contributed by atoms with van der Waals surface area (Å²) < 4.78 is 1.03. The molecule has 0 fully saturated rings. The van der Waals surface area contributed by atoms with Gasteiger partial charge in [-0.1, -0.05) is 46.8 Å². The van der Waals surface area contributed by atoms with Crippen LogP contribution in [0.25, 0.3) is 6.08 Å². The number of hydrogen-bond acceptors (Lipinski definition) is 0. The highest BCUT2D eigenvalue weighted by atomic mass is 79.9. The van der Waals surface area contributed by atoms with Gasteiger partial charge in [-0.15, -0.1) is 0 Å². The van der Waals surface area contributed by atoms with Crippen molar-refractivity contribution in [2.75, 3.05) is 0 Å². The third-order valence-corrected chi connectivity index (χ3v) is 1.81. The van der Waals surface area contributed by atoms with Crippen LogP contribution in [0.1, 0.15) is 5.56 Å². The van der Waals surface area contributed by atoms with Crippen molar-refractivity contribution in [3.63, 3.8) is 0 Å². The van der Waals surface area contributed by atoms with Crippen molar-refractivity contribution in [2.45, 2.75) is 0 Å². The van der Waals surface area contributed by atoms with E-state index in [4.69, 9.17) is 6.58 Å². The van der Waals surface area contributed by atoms with Gasteiger partial charge in [0.2, 0.25) is 0 Å². The summed E-state index contributed by atoms with van der Waals surface area (Å²) in [4.78, 5) is 0. The Hall–Kier alpha value is -0.560. The topological polar surface area (TPSA) is 0 Å². The smallest absolute Gasteiger partial charge is 0.0247 e. The third kappa shape index (κ3) is 1.42. The normalized spacial score (nSPS) is 9.00. The zero-order valence-electron chi connectivity index (χ0n) is 4.84. The summed E-state index contributed by atoms with van der Waals surface area (Å²) in [5, 5.41) is 0. The van der Waals surface area contributed by atoms with Gasteiger partial charge in [0.05, 0.1) is 0 Å². The summed E-state index contributed by atoms with van der Waals surface area (Å²) >= 11 is 3.35. The maximum Gasteiger partial charge on any atom is 0.0247 e. The van der Waals surface area contributed by atoms with Crippen molar-refractivity contribution in [1.82, 2.24) is 0 Å². The van der Waals surface area contributed by atoms with E-state index in [2.05, 4.69) is 15.9 Å². The lowest BCUT2D eigenvalue weighted by molar-refractivity contribution is 1.60. The molecule has 0 amide bonds. The molecule has 0 saturated carbocycles. The van der Waals surface area contributed by atoms with Gasteiger partial charge in [0, 0.05) is 4.47 Å². The molecule has 0 saturated heterocycles. The number of halogens is 1. The molecule has 0 bridgehead atoms. The van der Waals surface area contributed by atoms with Crippen LogP contribution in [-0.2, 0) is 0 Å². The first-order valence-corrected chi connectivity index (χ1v) is 3.43. The van der Waals surface area contributed by atoms with E-state index < -0.39 is 0 Å². The molecular weight excluding hydrogens is 176 g/mol. The first kappa shape index (κ1) is 6.56. The van der Waals surface area contributed by atoms with Gasteiger partial charge in [-0.25, -0.2) is 0 Å². The van der Waals surface area contributed by atoms with E-state index >= 15 is 0 Å². The maximum atomic E-state index is 5.30. The van der Waals surface area contributed by atoms with Crippen molar-refractivity contribution >= 4 is 22.0 Å². The van der Waals surface area contributed by atoms with E-state index in [1.807, 2.05) is 24.3 Å². The number of benzene rings is 1. The second-order valence-corrected chi connectivity index (χ2v) is 2.54. The molecule has 0 nitrogen and oxygen atoms in total. The largest absolute Gasteiger partial charge is 0.0616 e. The van der Waals surface area contributed by atoms with Gasteiger partial charge in [-0.05, 0) is 11.6 Å². The Balaban J connectivity index is 3.15. The lowest BCUT2D eigenvalue weighted by Gasteiger charge is -1.93. The molecule has 0 spiro atoms. The minimum atomic E-state index is 1.03. The van der Waals surface area contributed by atoms with E-state index in [1.54, 1.807) is 6.08 Å². The van der Waals surface area contributed by atoms with Gasteiger partial charge in [-0.2, -0.15) is 0 Å². The second kappa shape index (κ2) is 2.83. The zero-order valence-corrected chi connectivity index (χ0v) is 6.43. The average Bonchev–Trinajstić information content (AvgIpc) is 1.89. The van der Waals surface area contributed by atoms with Crippen molar-refractivity contribution in [3.05, 3.63) is 40.9 Å². The van der Waals surface area contributed by atoms with Gasteiger partial charge in [-0.3, -0.25) is 0 Å². The van der Waals surface area contributed by atoms with E-state index in [9.17, 15) is 0 Å². The summed E-state index contributed by atoms with van der Waals surface area (Å²) in [6.45, 7) is 5.30. The van der Waals surface area contributed by atoms with Gasteiger partial charge >= 0.3 is 0 Å². The highest BCUT2D eigenvalue weighted by Gasteiger charge is 1.88. The van der Waals surface area contributed by atoms with Crippen LogP contribution >= 0.6 is 15.9 Å². The Kier molecular flexibility index (Phi) is 2.06. The highest BCUT2D eigenvalue weighted by molar-refractivity contribution is 9.10. The molecule has 0 unspecified atom stereocenters. The van der Waals surface area contributed by atoms with Gasteiger partial charge < -0.3 is 0 Å². The van der Waals surface area contributed by atoms with Crippen LogP contribution in [0.5, 0.6) is 0 Å². The molecule has 1 aromatic carbocycles. The van der Waals surface area contributed by atoms with E-state index in [1.165, 1.54) is 0 Å². The molecule has 0 aliphatic carbocycles. The molecule has 0 atom stereocenters. The standard InChI is InChI=1S/C8H6Br/c1-2-7-5-3-4-6-8(7)9/h1-6H. The van der Waals surface area contributed by atoms with Crippen molar-refractivity contribution < 1.29 is 0 Å². The number of rotatable bonds is 1. The van der Waals surface area contributed by atoms with Crippen LogP contribution in [0.3, 0.4) is 0 Å². The lowest BCUT2D eigenvalue weighted by Crippen LogP contribution is -1.70. The van der Waals surface area contributed by atoms with Crippen molar-refractivity contribution in [1.29, 1.82) is 0 Å². The summed E-state index contributed by atoms with van der Waals surface area (Å²) in [6.07, 6.45) is 1.57. The fourth-order valence-corrected chi connectivity index (χ4v) is 1.03. The molecule has 0 aliphatic rings. The maximum absolute atomic E-state index is 5.30. The fourth-order valence-electron chi connectivity index (χ4n) is 0.610. The minimum absolute atomic E-state index is 1.03. The lowest BCUT2D eigenvalue weighted by atomic mass is 10.2. The summed E-state index contributed by atoms with van der Waals surface area (Å²) in [5.74, 6) is 0. The molecule has 9 heavy (non-hydrogen) atoms. The molecule has 1 rings (SSSR count). The monoisotopic (exact) mass is 181 g/mol. The Morgan fingerprint density at radius 2 is 2.00 bits per heavy atom. The molecule has 1 heteroatoms. The first-order chi connectivity index (χ1) is 4.34. The zero-order chi connectivity index (χ0) is 6.69.